The van der Waals surface area contributed by atoms with Crippen molar-refractivity contribution in [2.75, 3.05) is 0 Å². The van der Waals surface area contributed by atoms with Gasteiger partial charge in [0, 0.05) is 18.7 Å². The molecule has 160 valence electrons. The number of fused-ring (bicyclic) bond motifs is 1. The summed E-state index contributed by atoms with van der Waals surface area (Å²) in [4.78, 5) is 33.9. The molecule has 0 spiro atoms. The van der Waals surface area contributed by atoms with Crippen molar-refractivity contribution < 1.29 is 9.59 Å². The van der Waals surface area contributed by atoms with E-state index in [2.05, 4.69) is 23.7 Å². The van der Waals surface area contributed by atoms with Crippen molar-refractivity contribution >= 4 is 17.8 Å². The first-order chi connectivity index (χ1) is 14.8. The van der Waals surface area contributed by atoms with E-state index in [1.54, 1.807) is 6.08 Å². The lowest BCUT2D eigenvalue weighted by Crippen LogP contribution is -2.52. The third-order valence-corrected chi connectivity index (χ3v) is 6.33. The second kappa shape index (κ2) is 8.02. The van der Waals surface area contributed by atoms with Crippen LogP contribution in [0.15, 0.2) is 66.2 Å². The van der Waals surface area contributed by atoms with E-state index in [9.17, 15) is 9.59 Å². The Balaban J connectivity index is 1.52. The molecule has 0 bridgehead atoms. The van der Waals surface area contributed by atoms with Crippen LogP contribution in [-0.2, 0) is 24.4 Å². The summed E-state index contributed by atoms with van der Waals surface area (Å²) in [5, 5.41) is 0. The van der Waals surface area contributed by atoms with Gasteiger partial charge in [-0.05, 0) is 34.7 Å². The number of nitrogens with two attached hydrogens (primary N) is 1. The van der Waals surface area contributed by atoms with E-state index in [0.717, 1.165) is 5.56 Å². The molecule has 2 heterocycles. The maximum atomic E-state index is 13.1. The number of guanidine groups is 1. The second-order valence-electron chi connectivity index (χ2n) is 8.61. The molecular formula is C25H28N4O2. The van der Waals surface area contributed by atoms with Crippen LogP contribution in [-0.4, -0.2) is 33.1 Å². The van der Waals surface area contributed by atoms with E-state index in [1.807, 2.05) is 55.1 Å². The molecule has 0 saturated carbocycles. The highest BCUT2D eigenvalue weighted by molar-refractivity contribution is 5.99. The van der Waals surface area contributed by atoms with E-state index in [0.29, 0.717) is 18.7 Å². The molecule has 6 heteroatoms. The van der Waals surface area contributed by atoms with Gasteiger partial charge in [0.1, 0.15) is 0 Å². The fraction of sp³-hybridized carbons (Fsp3) is 0.320. The Bertz CT molecular complexity index is 1050. The van der Waals surface area contributed by atoms with Gasteiger partial charge in [-0.15, -0.1) is 6.58 Å². The van der Waals surface area contributed by atoms with Gasteiger partial charge in [-0.2, -0.15) is 0 Å². The molecule has 2 aromatic carbocycles. The minimum atomic E-state index is -0.666. The zero-order chi connectivity index (χ0) is 22.2. The summed E-state index contributed by atoms with van der Waals surface area (Å²) in [6.45, 7) is 9.38. The summed E-state index contributed by atoms with van der Waals surface area (Å²) >= 11 is 0. The smallest absolute Gasteiger partial charge is 0.254 e. The molecule has 6 nitrogen and oxygen atoms in total. The highest BCUT2D eigenvalue weighted by atomic mass is 16.2. The number of nitrogens with zero attached hydrogens (tertiary/aromatic N) is 3. The molecule has 2 aliphatic rings. The number of aliphatic imine (C=N–C) groups is 1. The zero-order valence-electron chi connectivity index (χ0n) is 18.0. The first kappa shape index (κ1) is 20.8. The molecular weight excluding hydrogens is 388 g/mol. The predicted octanol–water partition coefficient (Wildman–Crippen LogP) is 3.47. The SMILES string of the molecule is C=C[C@@]1(C(C)C)CC(=O)N(Cc2cccc(C(=O)N3Cc4ccccc4C3)c2)C(N)=N1. The van der Waals surface area contributed by atoms with Crippen LogP contribution in [0, 0.1) is 5.92 Å². The third kappa shape index (κ3) is 3.85. The van der Waals surface area contributed by atoms with Crippen LogP contribution in [0.4, 0.5) is 0 Å². The van der Waals surface area contributed by atoms with E-state index >= 15 is 0 Å². The largest absolute Gasteiger partial charge is 0.369 e. The van der Waals surface area contributed by atoms with Gasteiger partial charge in [0.05, 0.1) is 18.5 Å². The van der Waals surface area contributed by atoms with Gasteiger partial charge in [0.15, 0.2) is 5.96 Å². The lowest BCUT2D eigenvalue weighted by atomic mass is 9.82. The van der Waals surface area contributed by atoms with Gasteiger partial charge in [-0.25, -0.2) is 4.99 Å². The van der Waals surface area contributed by atoms with Crippen molar-refractivity contribution in [3.63, 3.8) is 0 Å². The minimum absolute atomic E-state index is 0.0184. The Morgan fingerprint density at radius 1 is 1.19 bits per heavy atom. The molecule has 31 heavy (non-hydrogen) atoms. The summed E-state index contributed by atoms with van der Waals surface area (Å²) < 4.78 is 0. The van der Waals surface area contributed by atoms with Crippen LogP contribution in [0.3, 0.4) is 0 Å². The quantitative estimate of drug-likeness (QED) is 0.758. The molecule has 0 unspecified atom stereocenters. The lowest BCUT2D eigenvalue weighted by Gasteiger charge is -2.38. The highest BCUT2D eigenvalue weighted by Gasteiger charge is 2.39. The van der Waals surface area contributed by atoms with Crippen molar-refractivity contribution in [3.05, 3.63) is 83.4 Å². The topological polar surface area (TPSA) is 79.0 Å². The maximum Gasteiger partial charge on any atom is 0.254 e. The van der Waals surface area contributed by atoms with E-state index < -0.39 is 5.54 Å². The van der Waals surface area contributed by atoms with Gasteiger partial charge in [-0.1, -0.05) is 56.3 Å². The number of amides is 2. The summed E-state index contributed by atoms with van der Waals surface area (Å²) in [6.07, 6.45) is 1.95. The number of carbonyl (C=O) groups excluding carboxylic acids is 2. The molecule has 0 radical (unpaired) electrons. The van der Waals surface area contributed by atoms with Crippen LogP contribution in [0.2, 0.25) is 0 Å². The first-order valence-electron chi connectivity index (χ1n) is 10.6. The Hall–Kier alpha value is -3.41. The van der Waals surface area contributed by atoms with Crippen LogP contribution in [0.5, 0.6) is 0 Å². The molecule has 4 rings (SSSR count). The van der Waals surface area contributed by atoms with Crippen molar-refractivity contribution in [2.45, 2.75) is 45.4 Å². The van der Waals surface area contributed by atoms with E-state index in [1.165, 1.54) is 16.0 Å². The summed E-state index contributed by atoms with van der Waals surface area (Å²) in [7, 11) is 0. The van der Waals surface area contributed by atoms with E-state index in [-0.39, 0.29) is 36.7 Å². The number of hydrogen-bond acceptors (Lipinski definition) is 4. The average Bonchev–Trinajstić information content (AvgIpc) is 3.20. The van der Waals surface area contributed by atoms with Crippen molar-refractivity contribution in [2.24, 2.45) is 16.6 Å². The van der Waals surface area contributed by atoms with Crippen LogP contribution in [0.1, 0.15) is 47.3 Å². The number of hydrogen-bond donors (Lipinski definition) is 1. The fourth-order valence-corrected chi connectivity index (χ4v) is 4.28. The molecule has 1 atom stereocenters. The summed E-state index contributed by atoms with van der Waals surface area (Å²) in [6, 6.07) is 15.5. The Morgan fingerprint density at radius 2 is 1.87 bits per heavy atom. The van der Waals surface area contributed by atoms with Crippen LogP contribution in [0.25, 0.3) is 0 Å². The van der Waals surface area contributed by atoms with Crippen molar-refractivity contribution in [1.82, 2.24) is 9.80 Å². The highest BCUT2D eigenvalue weighted by Crippen LogP contribution is 2.32. The molecule has 0 fully saturated rings. The number of benzene rings is 2. The standard InChI is InChI=1S/C25H28N4O2/c1-4-25(17(2)3)13-22(30)29(24(26)27-25)14-18-8-7-11-19(12-18)23(31)28-15-20-9-5-6-10-21(20)16-28/h4-12,17H,1,13-16H2,2-3H3,(H2,26,27)/t25-/m0/s1. The molecule has 2 aromatic rings. The zero-order valence-corrected chi connectivity index (χ0v) is 18.0. The van der Waals surface area contributed by atoms with Crippen molar-refractivity contribution in [3.8, 4) is 0 Å². The first-order valence-corrected chi connectivity index (χ1v) is 10.6. The summed E-state index contributed by atoms with van der Waals surface area (Å²) in [5.41, 5.74) is 9.33. The van der Waals surface area contributed by atoms with Gasteiger partial charge >= 0.3 is 0 Å². The maximum absolute atomic E-state index is 13.1. The average molecular weight is 417 g/mol. The Labute approximate surface area is 183 Å². The number of carbonyl (C=O) groups is 2. The van der Waals surface area contributed by atoms with Crippen LogP contribution >= 0.6 is 0 Å². The van der Waals surface area contributed by atoms with Gasteiger partial charge in [0.2, 0.25) is 5.91 Å². The second-order valence-corrected chi connectivity index (χ2v) is 8.61. The van der Waals surface area contributed by atoms with E-state index in [4.69, 9.17) is 5.73 Å². The van der Waals surface area contributed by atoms with Crippen molar-refractivity contribution in [1.29, 1.82) is 0 Å². The van der Waals surface area contributed by atoms with Gasteiger partial charge < -0.3 is 10.6 Å². The molecule has 0 aromatic heterocycles. The third-order valence-electron chi connectivity index (χ3n) is 6.33. The normalized spacial score (nSPS) is 20.6. The molecule has 0 aliphatic carbocycles. The fourth-order valence-electron chi connectivity index (χ4n) is 4.28. The molecule has 2 aliphatic heterocycles. The predicted molar refractivity (Wildman–Crippen MR) is 121 cm³/mol. The number of rotatable bonds is 5. The van der Waals surface area contributed by atoms with Gasteiger partial charge in [0.25, 0.3) is 5.91 Å². The molecule has 2 N–H and O–H groups in total. The van der Waals surface area contributed by atoms with Crippen LogP contribution < -0.4 is 5.73 Å². The Morgan fingerprint density at radius 3 is 2.45 bits per heavy atom. The summed E-state index contributed by atoms with van der Waals surface area (Å²) in [5.74, 6) is 0.194. The lowest BCUT2D eigenvalue weighted by molar-refractivity contribution is -0.130. The van der Waals surface area contributed by atoms with Gasteiger partial charge in [-0.3, -0.25) is 14.5 Å². The molecule has 2 amide bonds. The Kier molecular flexibility index (Phi) is 5.39. The molecule has 0 saturated heterocycles. The monoisotopic (exact) mass is 416 g/mol. The minimum Gasteiger partial charge on any atom is -0.369 e.